The molecule has 0 aliphatic carbocycles. The maximum Gasteiger partial charge on any atom is 0.0908 e. The van der Waals surface area contributed by atoms with Crippen LogP contribution in [0.15, 0.2) is 29.1 Å². The van der Waals surface area contributed by atoms with Gasteiger partial charge in [0.25, 0.3) is 0 Å². The van der Waals surface area contributed by atoms with Gasteiger partial charge in [0.2, 0.25) is 0 Å². The lowest BCUT2D eigenvalue weighted by Gasteiger charge is -2.18. The highest BCUT2D eigenvalue weighted by atomic mass is 79.9. The first-order valence-electron chi connectivity index (χ1n) is 5.94. The van der Waals surface area contributed by atoms with Gasteiger partial charge in [-0.2, -0.15) is 5.10 Å². The van der Waals surface area contributed by atoms with Crippen molar-refractivity contribution in [3.8, 4) is 0 Å². The van der Waals surface area contributed by atoms with E-state index in [4.69, 9.17) is 22.2 Å². The van der Waals surface area contributed by atoms with Crippen molar-refractivity contribution in [2.24, 2.45) is 5.84 Å². The summed E-state index contributed by atoms with van der Waals surface area (Å²) in [5, 5.41) is 4.79. The zero-order chi connectivity index (χ0) is 14.5. The van der Waals surface area contributed by atoms with Crippen molar-refractivity contribution in [1.82, 2.24) is 20.2 Å². The Kier molecular flexibility index (Phi) is 5.50. The van der Waals surface area contributed by atoms with Crippen molar-refractivity contribution < 1.29 is 4.74 Å². The molecule has 0 saturated carbocycles. The molecule has 0 aliphatic heterocycles. The van der Waals surface area contributed by atoms with Gasteiger partial charge in [-0.05, 0) is 27.6 Å². The Morgan fingerprint density at radius 2 is 2.30 bits per heavy atom. The highest BCUT2D eigenvalue weighted by molar-refractivity contribution is 9.10. The summed E-state index contributed by atoms with van der Waals surface area (Å²) in [4.78, 5) is 4.14. The van der Waals surface area contributed by atoms with Gasteiger partial charge in [-0.15, -0.1) is 0 Å². The minimum absolute atomic E-state index is 0.299. The maximum atomic E-state index is 6.24. The molecule has 0 spiro atoms. The highest BCUT2D eigenvalue weighted by Crippen LogP contribution is 2.28. The summed E-state index contributed by atoms with van der Waals surface area (Å²) in [5.74, 6) is 5.69. The number of halogens is 2. The molecular weight excluding hydrogens is 346 g/mol. The van der Waals surface area contributed by atoms with Crippen LogP contribution in [0.25, 0.3) is 0 Å². The van der Waals surface area contributed by atoms with Crippen molar-refractivity contribution in [1.29, 1.82) is 0 Å². The summed E-state index contributed by atoms with van der Waals surface area (Å²) in [5.41, 5.74) is 4.43. The van der Waals surface area contributed by atoms with Gasteiger partial charge in [0.15, 0.2) is 0 Å². The first kappa shape index (κ1) is 15.4. The maximum absolute atomic E-state index is 6.24. The van der Waals surface area contributed by atoms with Gasteiger partial charge in [-0.1, -0.05) is 11.6 Å². The lowest BCUT2D eigenvalue weighted by molar-refractivity contribution is 0.182. The van der Waals surface area contributed by atoms with Crippen molar-refractivity contribution in [2.45, 2.75) is 12.6 Å². The third-order valence-corrected chi connectivity index (χ3v) is 3.56. The Bertz CT molecular complexity index is 577. The largest absolute Gasteiger partial charge is 0.383 e. The smallest absolute Gasteiger partial charge is 0.0908 e. The molecule has 0 bridgehead atoms. The Morgan fingerprint density at radius 3 is 2.95 bits per heavy atom. The van der Waals surface area contributed by atoms with Gasteiger partial charge in [0, 0.05) is 24.0 Å². The van der Waals surface area contributed by atoms with Crippen LogP contribution in [0.1, 0.15) is 17.3 Å². The van der Waals surface area contributed by atoms with E-state index >= 15 is 0 Å². The minimum atomic E-state index is -0.299. The molecule has 2 aromatic rings. The van der Waals surface area contributed by atoms with E-state index < -0.39 is 0 Å². The molecule has 2 heterocycles. The molecule has 0 aromatic carbocycles. The zero-order valence-corrected chi connectivity index (χ0v) is 13.2. The predicted molar refractivity (Wildman–Crippen MR) is 80.2 cm³/mol. The number of ether oxygens (including phenoxy) is 1. The van der Waals surface area contributed by atoms with Crippen LogP contribution < -0.4 is 11.3 Å². The monoisotopic (exact) mass is 359 g/mol. The summed E-state index contributed by atoms with van der Waals surface area (Å²) in [6.07, 6.45) is 5.04. The summed E-state index contributed by atoms with van der Waals surface area (Å²) < 4.78 is 7.72. The van der Waals surface area contributed by atoms with Crippen LogP contribution in [0.4, 0.5) is 0 Å². The third-order valence-electron chi connectivity index (χ3n) is 2.84. The van der Waals surface area contributed by atoms with Crippen LogP contribution in [-0.4, -0.2) is 28.5 Å². The molecule has 0 fully saturated rings. The van der Waals surface area contributed by atoms with Crippen LogP contribution in [0.5, 0.6) is 0 Å². The number of hydrogen-bond acceptors (Lipinski definition) is 5. The molecule has 3 N–H and O–H groups in total. The molecule has 1 atom stereocenters. The fourth-order valence-corrected chi connectivity index (χ4v) is 2.57. The van der Waals surface area contributed by atoms with Crippen LogP contribution in [-0.2, 0) is 11.3 Å². The Balaban J connectivity index is 2.38. The van der Waals surface area contributed by atoms with E-state index in [1.807, 2.05) is 6.07 Å². The number of pyridine rings is 1. The lowest BCUT2D eigenvalue weighted by Crippen LogP contribution is -2.31. The summed E-state index contributed by atoms with van der Waals surface area (Å²) in [7, 11) is 1.64. The SMILES string of the molecule is COCCn1ncc(Cl)c1C(NN)c1cncc(Br)c1. The molecule has 6 nitrogen and oxygen atoms in total. The quantitative estimate of drug-likeness (QED) is 0.607. The standard InChI is InChI=1S/C12H15BrClN5O/c1-20-3-2-19-12(10(14)7-17-19)11(18-15)8-4-9(13)6-16-5-8/h4-7,11,18H,2-3,15H2,1H3. The van der Waals surface area contributed by atoms with E-state index in [1.54, 1.807) is 30.4 Å². The van der Waals surface area contributed by atoms with E-state index in [2.05, 4.69) is 31.4 Å². The summed E-state index contributed by atoms with van der Waals surface area (Å²) in [6.45, 7) is 1.14. The third kappa shape index (κ3) is 3.36. The van der Waals surface area contributed by atoms with Gasteiger partial charge >= 0.3 is 0 Å². The van der Waals surface area contributed by atoms with E-state index in [0.29, 0.717) is 18.2 Å². The average Bonchev–Trinajstić information content (AvgIpc) is 2.79. The second kappa shape index (κ2) is 7.14. The topological polar surface area (TPSA) is 78.0 Å². The Hall–Kier alpha value is -0.990. The van der Waals surface area contributed by atoms with Crippen LogP contribution in [0.2, 0.25) is 5.02 Å². The molecule has 8 heteroatoms. The van der Waals surface area contributed by atoms with Crippen LogP contribution in [0.3, 0.4) is 0 Å². The number of hydrazine groups is 1. The van der Waals surface area contributed by atoms with Gasteiger partial charge < -0.3 is 4.74 Å². The van der Waals surface area contributed by atoms with E-state index in [0.717, 1.165) is 15.7 Å². The number of methoxy groups -OCH3 is 1. The molecule has 0 saturated heterocycles. The van der Waals surface area contributed by atoms with Crippen LogP contribution in [0, 0.1) is 0 Å². The molecule has 2 rings (SSSR count). The number of nitrogens with two attached hydrogens (primary N) is 1. The first-order chi connectivity index (χ1) is 9.67. The van der Waals surface area contributed by atoms with Gasteiger partial charge in [-0.25, -0.2) is 5.43 Å². The number of aromatic nitrogens is 3. The predicted octanol–water partition coefficient (Wildman–Crippen LogP) is 1.89. The number of rotatable bonds is 6. The molecule has 0 amide bonds. The molecular formula is C12H15BrClN5O. The van der Waals surface area contributed by atoms with E-state index in [9.17, 15) is 0 Å². The van der Waals surface area contributed by atoms with Crippen molar-refractivity contribution in [3.63, 3.8) is 0 Å². The second-order valence-corrected chi connectivity index (χ2v) is 5.45. The van der Waals surface area contributed by atoms with Gasteiger partial charge in [0.05, 0.1) is 36.1 Å². The van der Waals surface area contributed by atoms with E-state index in [1.165, 1.54) is 0 Å². The zero-order valence-electron chi connectivity index (χ0n) is 10.9. The first-order valence-corrected chi connectivity index (χ1v) is 7.11. The molecule has 0 radical (unpaired) electrons. The van der Waals surface area contributed by atoms with Crippen molar-refractivity contribution in [3.05, 3.63) is 45.4 Å². The molecule has 0 aliphatic rings. The fraction of sp³-hybridized carbons (Fsp3) is 0.333. The number of nitrogens with zero attached hydrogens (tertiary/aromatic N) is 3. The molecule has 20 heavy (non-hydrogen) atoms. The van der Waals surface area contributed by atoms with Gasteiger partial charge in [-0.3, -0.25) is 15.5 Å². The fourth-order valence-electron chi connectivity index (χ4n) is 1.93. The molecule has 1 unspecified atom stereocenters. The second-order valence-electron chi connectivity index (χ2n) is 4.13. The van der Waals surface area contributed by atoms with E-state index in [-0.39, 0.29) is 6.04 Å². The normalized spacial score (nSPS) is 12.6. The van der Waals surface area contributed by atoms with Gasteiger partial charge in [0.1, 0.15) is 0 Å². The summed E-state index contributed by atoms with van der Waals surface area (Å²) >= 11 is 9.63. The lowest BCUT2D eigenvalue weighted by atomic mass is 10.1. The number of hydrogen-bond donors (Lipinski definition) is 2. The molecule has 2 aromatic heterocycles. The molecule has 108 valence electrons. The minimum Gasteiger partial charge on any atom is -0.383 e. The number of nitrogens with one attached hydrogen (secondary N) is 1. The highest BCUT2D eigenvalue weighted by Gasteiger charge is 2.21. The average molecular weight is 361 g/mol. The van der Waals surface area contributed by atoms with Crippen molar-refractivity contribution >= 4 is 27.5 Å². The van der Waals surface area contributed by atoms with Crippen molar-refractivity contribution in [2.75, 3.05) is 13.7 Å². The Morgan fingerprint density at radius 1 is 1.50 bits per heavy atom. The van der Waals surface area contributed by atoms with Crippen LogP contribution >= 0.6 is 27.5 Å². The summed E-state index contributed by atoms with van der Waals surface area (Å²) in [6, 6.07) is 1.63. The Labute approximate surface area is 130 Å².